The van der Waals surface area contributed by atoms with Gasteiger partial charge in [0, 0.05) is 43.6 Å². The summed E-state index contributed by atoms with van der Waals surface area (Å²) in [6, 6.07) is 0. The van der Waals surface area contributed by atoms with Crippen molar-refractivity contribution in [1.29, 1.82) is 0 Å². The third-order valence-corrected chi connectivity index (χ3v) is 2.48. The second-order valence-corrected chi connectivity index (χ2v) is 6.66. The van der Waals surface area contributed by atoms with Gasteiger partial charge in [-0.05, 0) is 34.6 Å². The number of anilines is 1. The van der Waals surface area contributed by atoms with Gasteiger partial charge in [0.1, 0.15) is 0 Å². The van der Waals surface area contributed by atoms with Crippen LogP contribution in [0.3, 0.4) is 0 Å². The van der Waals surface area contributed by atoms with Gasteiger partial charge < -0.3 is 15.3 Å². The minimum absolute atomic E-state index is 0.0797. The van der Waals surface area contributed by atoms with E-state index in [9.17, 15) is 5.11 Å². The molecule has 5 heteroatoms. The standard InChI is InChI=1S/C14H26N4O/c1-13(2,3)17-9-11-7-15-12(16-8-11)18(6)10-14(4,5)19/h7-8,17,19H,9-10H2,1-6H3. The second kappa shape index (κ2) is 5.84. The average Bonchev–Trinajstić information content (AvgIpc) is 2.23. The van der Waals surface area contributed by atoms with Gasteiger partial charge in [-0.15, -0.1) is 0 Å². The summed E-state index contributed by atoms with van der Waals surface area (Å²) in [4.78, 5) is 10.5. The zero-order valence-electron chi connectivity index (χ0n) is 12.9. The molecule has 2 N–H and O–H groups in total. The Kier molecular flexibility index (Phi) is 4.87. The highest BCUT2D eigenvalue weighted by Crippen LogP contribution is 2.10. The first-order valence-corrected chi connectivity index (χ1v) is 6.56. The minimum atomic E-state index is -0.759. The van der Waals surface area contributed by atoms with Crippen molar-refractivity contribution in [2.45, 2.75) is 52.3 Å². The molecule has 0 atom stereocenters. The lowest BCUT2D eigenvalue weighted by Gasteiger charge is -2.25. The van der Waals surface area contributed by atoms with Crippen LogP contribution in [-0.2, 0) is 6.54 Å². The SMILES string of the molecule is CN(CC(C)(C)O)c1ncc(CNC(C)(C)C)cn1. The summed E-state index contributed by atoms with van der Waals surface area (Å²) in [6.45, 7) is 11.2. The van der Waals surface area contributed by atoms with Crippen molar-refractivity contribution in [2.24, 2.45) is 0 Å². The first-order valence-electron chi connectivity index (χ1n) is 6.56. The van der Waals surface area contributed by atoms with E-state index in [0.717, 1.165) is 12.1 Å². The van der Waals surface area contributed by atoms with Crippen molar-refractivity contribution < 1.29 is 5.11 Å². The summed E-state index contributed by atoms with van der Waals surface area (Å²) in [5.74, 6) is 0.627. The molecule has 0 radical (unpaired) electrons. The van der Waals surface area contributed by atoms with E-state index in [-0.39, 0.29) is 5.54 Å². The molecule has 19 heavy (non-hydrogen) atoms. The topological polar surface area (TPSA) is 61.3 Å². The molecule has 1 aromatic heterocycles. The predicted octanol–water partition coefficient (Wildman–Crippen LogP) is 1.57. The van der Waals surface area contributed by atoms with Gasteiger partial charge in [-0.25, -0.2) is 9.97 Å². The van der Waals surface area contributed by atoms with Crippen LogP contribution in [-0.4, -0.2) is 39.8 Å². The largest absolute Gasteiger partial charge is 0.389 e. The number of aromatic nitrogens is 2. The van der Waals surface area contributed by atoms with E-state index in [1.165, 1.54) is 0 Å². The number of nitrogens with zero attached hydrogens (tertiary/aromatic N) is 3. The molecule has 0 spiro atoms. The number of rotatable bonds is 5. The number of aliphatic hydroxyl groups is 1. The summed E-state index contributed by atoms with van der Waals surface area (Å²) in [6.07, 6.45) is 3.64. The van der Waals surface area contributed by atoms with Crippen molar-refractivity contribution >= 4 is 5.95 Å². The Morgan fingerprint density at radius 2 is 1.68 bits per heavy atom. The fourth-order valence-corrected chi connectivity index (χ4v) is 1.65. The van der Waals surface area contributed by atoms with Crippen molar-refractivity contribution in [3.05, 3.63) is 18.0 Å². The quantitative estimate of drug-likeness (QED) is 0.847. The van der Waals surface area contributed by atoms with Crippen molar-refractivity contribution in [3.63, 3.8) is 0 Å². The maximum Gasteiger partial charge on any atom is 0.225 e. The lowest BCUT2D eigenvalue weighted by molar-refractivity contribution is 0.0883. The molecule has 0 saturated carbocycles. The first-order chi connectivity index (χ1) is 8.57. The minimum Gasteiger partial charge on any atom is -0.389 e. The molecular weight excluding hydrogens is 240 g/mol. The highest BCUT2D eigenvalue weighted by molar-refractivity contribution is 5.29. The lowest BCUT2D eigenvalue weighted by Crippen LogP contribution is -2.37. The van der Waals surface area contributed by atoms with Gasteiger partial charge in [-0.1, -0.05) is 0 Å². The van der Waals surface area contributed by atoms with E-state index in [2.05, 4.69) is 36.1 Å². The van der Waals surface area contributed by atoms with Crippen molar-refractivity contribution in [1.82, 2.24) is 15.3 Å². The first kappa shape index (κ1) is 15.9. The molecule has 5 nitrogen and oxygen atoms in total. The van der Waals surface area contributed by atoms with E-state index in [4.69, 9.17) is 0 Å². The number of hydrogen-bond donors (Lipinski definition) is 2. The maximum absolute atomic E-state index is 9.77. The predicted molar refractivity (Wildman–Crippen MR) is 78.2 cm³/mol. The van der Waals surface area contributed by atoms with E-state index in [1.54, 1.807) is 13.8 Å². The van der Waals surface area contributed by atoms with Crippen LogP contribution in [0.25, 0.3) is 0 Å². The van der Waals surface area contributed by atoms with Crippen LogP contribution in [0.15, 0.2) is 12.4 Å². The molecule has 0 bridgehead atoms. The monoisotopic (exact) mass is 266 g/mol. The third-order valence-electron chi connectivity index (χ3n) is 2.48. The smallest absolute Gasteiger partial charge is 0.225 e. The molecule has 0 aromatic carbocycles. The van der Waals surface area contributed by atoms with E-state index >= 15 is 0 Å². The maximum atomic E-state index is 9.77. The fourth-order valence-electron chi connectivity index (χ4n) is 1.65. The molecule has 0 unspecified atom stereocenters. The van der Waals surface area contributed by atoms with E-state index in [0.29, 0.717) is 12.5 Å². The van der Waals surface area contributed by atoms with Gasteiger partial charge in [0.15, 0.2) is 0 Å². The van der Waals surface area contributed by atoms with Crippen LogP contribution in [0, 0.1) is 0 Å². The summed E-state index contributed by atoms with van der Waals surface area (Å²) in [5.41, 5.74) is 0.372. The van der Waals surface area contributed by atoms with Gasteiger partial charge in [0.25, 0.3) is 0 Å². The Balaban J connectivity index is 2.61. The molecule has 0 saturated heterocycles. The van der Waals surface area contributed by atoms with Crippen LogP contribution in [0.4, 0.5) is 5.95 Å². The van der Waals surface area contributed by atoms with Crippen LogP contribution in [0.5, 0.6) is 0 Å². The van der Waals surface area contributed by atoms with Gasteiger partial charge >= 0.3 is 0 Å². The zero-order chi connectivity index (χ0) is 14.7. The molecule has 0 fully saturated rings. The molecule has 1 rings (SSSR count). The number of nitrogens with one attached hydrogen (secondary N) is 1. The average molecular weight is 266 g/mol. The molecular formula is C14H26N4O. The second-order valence-electron chi connectivity index (χ2n) is 6.66. The lowest BCUT2D eigenvalue weighted by atomic mass is 10.1. The summed E-state index contributed by atoms with van der Waals surface area (Å²) in [7, 11) is 1.88. The van der Waals surface area contributed by atoms with Gasteiger partial charge in [0.2, 0.25) is 5.95 Å². The highest BCUT2D eigenvalue weighted by atomic mass is 16.3. The van der Waals surface area contributed by atoms with Gasteiger partial charge in [-0.2, -0.15) is 0 Å². The van der Waals surface area contributed by atoms with Crippen LogP contribution in [0.1, 0.15) is 40.2 Å². The van der Waals surface area contributed by atoms with E-state index < -0.39 is 5.60 Å². The Labute approximate surface area is 116 Å². The van der Waals surface area contributed by atoms with Gasteiger partial charge in [0.05, 0.1) is 5.60 Å². The Hall–Kier alpha value is -1.20. The number of likely N-dealkylation sites (N-methyl/N-ethyl adjacent to an activating group) is 1. The van der Waals surface area contributed by atoms with E-state index in [1.807, 2.05) is 24.3 Å². The van der Waals surface area contributed by atoms with Crippen LogP contribution < -0.4 is 10.2 Å². The van der Waals surface area contributed by atoms with Crippen LogP contribution >= 0.6 is 0 Å². The molecule has 0 aliphatic rings. The zero-order valence-corrected chi connectivity index (χ0v) is 12.9. The summed E-state index contributed by atoms with van der Waals surface area (Å²) < 4.78 is 0. The Morgan fingerprint density at radius 1 is 1.16 bits per heavy atom. The van der Waals surface area contributed by atoms with Crippen molar-refractivity contribution in [3.8, 4) is 0 Å². The number of hydrogen-bond acceptors (Lipinski definition) is 5. The fraction of sp³-hybridized carbons (Fsp3) is 0.714. The van der Waals surface area contributed by atoms with Crippen LogP contribution in [0.2, 0.25) is 0 Å². The van der Waals surface area contributed by atoms with Crippen molar-refractivity contribution in [2.75, 3.05) is 18.5 Å². The molecule has 1 heterocycles. The molecule has 1 aromatic rings. The highest BCUT2D eigenvalue weighted by Gasteiger charge is 2.17. The molecule has 0 aliphatic heterocycles. The van der Waals surface area contributed by atoms with Gasteiger partial charge in [-0.3, -0.25) is 0 Å². The third kappa shape index (κ3) is 6.50. The Bertz CT molecular complexity index is 389. The normalized spacial score (nSPS) is 12.6. The molecule has 0 amide bonds. The summed E-state index contributed by atoms with van der Waals surface area (Å²) in [5, 5.41) is 13.2. The molecule has 0 aliphatic carbocycles. The summed E-state index contributed by atoms with van der Waals surface area (Å²) >= 11 is 0. The molecule has 108 valence electrons. The Morgan fingerprint density at radius 3 is 2.11 bits per heavy atom.